The van der Waals surface area contributed by atoms with Crippen molar-refractivity contribution in [3.8, 4) is 5.75 Å². The Hall–Kier alpha value is -1.42. The van der Waals surface area contributed by atoms with Crippen LogP contribution >= 0.6 is 11.6 Å². The van der Waals surface area contributed by atoms with Crippen LogP contribution < -0.4 is 10.5 Å². The molecule has 0 radical (unpaired) electrons. The van der Waals surface area contributed by atoms with E-state index in [1.54, 1.807) is 13.2 Å². The zero-order chi connectivity index (χ0) is 14.5. The number of piperidine rings is 1. The topological polar surface area (TPSA) is 50.9 Å². The minimum absolute atomic E-state index is 0.511. The van der Waals surface area contributed by atoms with Gasteiger partial charge in [-0.15, -0.1) is 0 Å². The maximum absolute atomic E-state index is 6.09. The third-order valence-electron chi connectivity index (χ3n) is 3.64. The summed E-state index contributed by atoms with van der Waals surface area (Å²) in [6.45, 7) is 4.75. The van der Waals surface area contributed by atoms with E-state index in [4.69, 9.17) is 22.1 Å². The molecule has 1 fully saturated rings. The van der Waals surface area contributed by atoms with E-state index in [-0.39, 0.29) is 0 Å². The van der Waals surface area contributed by atoms with E-state index in [0.29, 0.717) is 23.4 Å². The van der Waals surface area contributed by atoms with Gasteiger partial charge in [0.05, 0.1) is 13.7 Å². The molecule has 0 aliphatic carbocycles. The molecule has 1 saturated heterocycles. The summed E-state index contributed by atoms with van der Waals surface area (Å²) in [5.41, 5.74) is 7.08. The third-order valence-corrected chi connectivity index (χ3v) is 3.88. The van der Waals surface area contributed by atoms with Gasteiger partial charge in [0.15, 0.2) is 5.96 Å². The predicted octanol–water partition coefficient (Wildman–Crippen LogP) is 2.90. The number of guanidine groups is 1. The summed E-state index contributed by atoms with van der Waals surface area (Å²) < 4.78 is 5.31. The first kappa shape index (κ1) is 15.0. The molecule has 0 bridgehead atoms. The van der Waals surface area contributed by atoms with Gasteiger partial charge in [-0.05, 0) is 30.9 Å². The maximum Gasteiger partial charge on any atom is 0.191 e. The number of hydrogen-bond donors (Lipinski definition) is 1. The van der Waals surface area contributed by atoms with Crippen molar-refractivity contribution in [2.45, 2.75) is 26.3 Å². The average Bonchev–Trinajstić information content (AvgIpc) is 2.45. The van der Waals surface area contributed by atoms with Gasteiger partial charge in [0.2, 0.25) is 0 Å². The van der Waals surface area contributed by atoms with Crippen LogP contribution in [0.1, 0.15) is 25.3 Å². The number of aliphatic imine (C=N–C) groups is 1. The van der Waals surface area contributed by atoms with Crippen LogP contribution in [0.3, 0.4) is 0 Å². The summed E-state index contributed by atoms with van der Waals surface area (Å²) in [4.78, 5) is 6.65. The molecule has 1 aliphatic heterocycles. The van der Waals surface area contributed by atoms with Gasteiger partial charge in [-0.25, -0.2) is 4.99 Å². The molecule has 0 saturated carbocycles. The van der Waals surface area contributed by atoms with Crippen LogP contribution in [0.15, 0.2) is 23.2 Å². The van der Waals surface area contributed by atoms with Gasteiger partial charge >= 0.3 is 0 Å². The fraction of sp³-hybridized carbons (Fsp3) is 0.533. The summed E-state index contributed by atoms with van der Waals surface area (Å²) in [7, 11) is 1.63. The molecule has 2 N–H and O–H groups in total. The van der Waals surface area contributed by atoms with Crippen LogP contribution in [0.5, 0.6) is 5.75 Å². The number of rotatable bonds is 3. The summed E-state index contributed by atoms with van der Waals surface area (Å²) in [5, 5.41) is 0.660. The minimum atomic E-state index is 0.511. The van der Waals surface area contributed by atoms with Crippen LogP contribution in [0.4, 0.5) is 0 Å². The first-order chi connectivity index (χ1) is 9.60. The smallest absolute Gasteiger partial charge is 0.191 e. The molecule has 1 aliphatic rings. The van der Waals surface area contributed by atoms with Crippen molar-refractivity contribution in [2.24, 2.45) is 16.6 Å². The van der Waals surface area contributed by atoms with Crippen molar-refractivity contribution in [1.82, 2.24) is 4.90 Å². The van der Waals surface area contributed by atoms with E-state index in [1.165, 1.54) is 12.8 Å². The molecule has 0 amide bonds. The predicted molar refractivity (Wildman–Crippen MR) is 83.3 cm³/mol. The quantitative estimate of drug-likeness (QED) is 0.689. The van der Waals surface area contributed by atoms with Crippen molar-refractivity contribution in [3.63, 3.8) is 0 Å². The van der Waals surface area contributed by atoms with Gasteiger partial charge in [0.1, 0.15) is 5.75 Å². The molecule has 20 heavy (non-hydrogen) atoms. The van der Waals surface area contributed by atoms with E-state index >= 15 is 0 Å². The molecule has 0 aromatic heterocycles. The van der Waals surface area contributed by atoms with Gasteiger partial charge in [-0.1, -0.05) is 24.6 Å². The van der Waals surface area contributed by atoms with Crippen LogP contribution in [0.25, 0.3) is 0 Å². The number of likely N-dealkylation sites (tertiary alicyclic amines) is 1. The zero-order valence-electron chi connectivity index (χ0n) is 12.1. The number of ether oxygens (including phenoxy) is 1. The average molecular weight is 296 g/mol. The van der Waals surface area contributed by atoms with E-state index in [9.17, 15) is 0 Å². The molecule has 2 rings (SSSR count). The number of benzene rings is 1. The van der Waals surface area contributed by atoms with Crippen LogP contribution in [0, 0.1) is 5.92 Å². The molecule has 110 valence electrons. The largest absolute Gasteiger partial charge is 0.496 e. The Morgan fingerprint density at radius 2 is 2.35 bits per heavy atom. The number of methoxy groups -OCH3 is 1. The lowest BCUT2D eigenvalue weighted by Crippen LogP contribution is -2.43. The van der Waals surface area contributed by atoms with Crippen molar-refractivity contribution in [1.29, 1.82) is 0 Å². The van der Waals surface area contributed by atoms with Gasteiger partial charge in [-0.2, -0.15) is 0 Å². The van der Waals surface area contributed by atoms with Crippen LogP contribution in [0.2, 0.25) is 5.02 Å². The number of nitrogens with zero attached hydrogens (tertiary/aromatic N) is 2. The summed E-state index contributed by atoms with van der Waals surface area (Å²) in [6, 6.07) is 5.57. The third kappa shape index (κ3) is 3.79. The molecular weight excluding hydrogens is 274 g/mol. The fourth-order valence-corrected chi connectivity index (χ4v) is 2.67. The molecule has 0 spiro atoms. The van der Waals surface area contributed by atoms with E-state index in [1.807, 2.05) is 12.1 Å². The standard InChI is InChI=1S/C15H22ClN3O/c1-11-4-3-7-19(10-11)15(17)18-9-12-5-6-13(16)8-14(12)20-2/h5-6,8,11H,3-4,7,9-10H2,1-2H3,(H2,17,18). The van der Waals surface area contributed by atoms with E-state index in [0.717, 1.165) is 24.4 Å². The van der Waals surface area contributed by atoms with Gasteiger partial charge < -0.3 is 15.4 Å². The van der Waals surface area contributed by atoms with Crippen LogP contribution in [-0.4, -0.2) is 31.1 Å². The molecule has 4 nitrogen and oxygen atoms in total. The number of nitrogens with two attached hydrogens (primary N) is 1. The Morgan fingerprint density at radius 3 is 3.05 bits per heavy atom. The lowest BCUT2D eigenvalue weighted by molar-refractivity contribution is 0.270. The molecule has 1 aromatic carbocycles. The highest BCUT2D eigenvalue weighted by Gasteiger charge is 2.17. The second-order valence-electron chi connectivity index (χ2n) is 5.32. The van der Waals surface area contributed by atoms with Crippen molar-refractivity contribution < 1.29 is 4.74 Å². The number of hydrogen-bond acceptors (Lipinski definition) is 2. The van der Waals surface area contributed by atoms with Gasteiger partial charge in [0, 0.05) is 23.7 Å². The maximum atomic E-state index is 6.09. The van der Waals surface area contributed by atoms with Crippen LogP contribution in [-0.2, 0) is 6.54 Å². The number of halogens is 1. The normalized spacial score (nSPS) is 20.1. The van der Waals surface area contributed by atoms with E-state index in [2.05, 4.69) is 16.8 Å². The Balaban J connectivity index is 2.04. The first-order valence-electron chi connectivity index (χ1n) is 6.97. The SMILES string of the molecule is COc1cc(Cl)ccc1CN=C(N)N1CCCC(C)C1. The Labute approximate surface area is 125 Å². The molecule has 1 unspecified atom stereocenters. The molecule has 1 heterocycles. The van der Waals surface area contributed by atoms with Gasteiger partial charge in [0.25, 0.3) is 0 Å². The Kier molecular flexibility index (Phi) is 5.12. The highest BCUT2D eigenvalue weighted by molar-refractivity contribution is 6.30. The highest BCUT2D eigenvalue weighted by atomic mass is 35.5. The lowest BCUT2D eigenvalue weighted by atomic mass is 10.0. The summed E-state index contributed by atoms with van der Waals surface area (Å²) in [6.07, 6.45) is 2.45. The Bertz CT molecular complexity index is 490. The summed E-state index contributed by atoms with van der Waals surface area (Å²) in [5.74, 6) is 2.05. The minimum Gasteiger partial charge on any atom is -0.496 e. The van der Waals surface area contributed by atoms with Gasteiger partial charge in [-0.3, -0.25) is 0 Å². The lowest BCUT2D eigenvalue weighted by Gasteiger charge is -2.31. The Morgan fingerprint density at radius 1 is 1.55 bits per heavy atom. The highest BCUT2D eigenvalue weighted by Crippen LogP contribution is 2.24. The summed E-state index contributed by atoms with van der Waals surface area (Å²) >= 11 is 5.95. The molecule has 1 atom stereocenters. The monoisotopic (exact) mass is 295 g/mol. The molecule has 5 heteroatoms. The molecule has 1 aromatic rings. The van der Waals surface area contributed by atoms with E-state index < -0.39 is 0 Å². The second-order valence-corrected chi connectivity index (χ2v) is 5.76. The van der Waals surface area contributed by atoms with Crippen molar-refractivity contribution in [3.05, 3.63) is 28.8 Å². The van der Waals surface area contributed by atoms with Crippen molar-refractivity contribution >= 4 is 17.6 Å². The molecular formula is C15H22ClN3O. The fourth-order valence-electron chi connectivity index (χ4n) is 2.51. The zero-order valence-corrected chi connectivity index (χ0v) is 12.9. The first-order valence-corrected chi connectivity index (χ1v) is 7.35. The second kappa shape index (κ2) is 6.84. The van der Waals surface area contributed by atoms with Crippen molar-refractivity contribution in [2.75, 3.05) is 20.2 Å².